The molecule has 0 aliphatic carbocycles. The van der Waals surface area contributed by atoms with Gasteiger partial charge in [0.25, 0.3) is 6.01 Å². The number of para-hydroxylation sites is 3. The van der Waals surface area contributed by atoms with Crippen molar-refractivity contribution < 1.29 is 23.8 Å². The number of amides is 1. The van der Waals surface area contributed by atoms with Crippen LogP contribution in [0.2, 0.25) is 0 Å². The molecule has 4 aliphatic heterocycles. The lowest BCUT2D eigenvalue weighted by Gasteiger charge is -2.38. The molecule has 6 bridgehead atoms. The van der Waals surface area contributed by atoms with Gasteiger partial charge in [-0.05, 0) is 49.4 Å². The molecule has 238 valence electrons. The van der Waals surface area contributed by atoms with Crippen LogP contribution in [0, 0.1) is 5.92 Å². The lowest BCUT2D eigenvalue weighted by atomic mass is 9.93. The van der Waals surface area contributed by atoms with Gasteiger partial charge in [-0.1, -0.05) is 44.0 Å². The van der Waals surface area contributed by atoms with Crippen molar-refractivity contribution in [2.45, 2.75) is 76.5 Å². The van der Waals surface area contributed by atoms with Gasteiger partial charge in [0, 0.05) is 43.8 Å². The zero-order valence-corrected chi connectivity index (χ0v) is 26.0. The zero-order chi connectivity index (χ0) is 31.4. The minimum absolute atomic E-state index is 0.0874. The molecule has 46 heavy (non-hydrogen) atoms. The SMILES string of the molecule is C[C@@H]1CN2CC[C@H]1n1c(nc3ccccc31)O[C@H]1C[C@@H](C(=O)O)N(C1)c1nc(nc3c1oc1ccccc13)CCCCCCC2=O. The van der Waals surface area contributed by atoms with Gasteiger partial charge in [0.1, 0.15) is 29.1 Å². The summed E-state index contributed by atoms with van der Waals surface area (Å²) < 4.78 is 15.2. The van der Waals surface area contributed by atoms with Crippen LogP contribution >= 0.6 is 0 Å². The lowest BCUT2D eigenvalue weighted by Crippen LogP contribution is -2.43. The molecule has 0 spiro atoms. The van der Waals surface area contributed by atoms with Crippen molar-refractivity contribution in [2.24, 2.45) is 5.92 Å². The summed E-state index contributed by atoms with van der Waals surface area (Å²) in [7, 11) is 0. The molecule has 0 radical (unpaired) electrons. The Balaban J connectivity index is 1.23. The lowest BCUT2D eigenvalue weighted by molar-refractivity contribution is -0.138. The van der Waals surface area contributed by atoms with Gasteiger partial charge in [-0.2, -0.15) is 4.98 Å². The van der Waals surface area contributed by atoms with Crippen LogP contribution in [0.15, 0.2) is 52.9 Å². The molecule has 11 nitrogen and oxygen atoms in total. The summed E-state index contributed by atoms with van der Waals surface area (Å²) in [5, 5.41) is 11.3. The van der Waals surface area contributed by atoms with Gasteiger partial charge in [0.2, 0.25) is 5.91 Å². The molecule has 2 aromatic carbocycles. The van der Waals surface area contributed by atoms with Crippen molar-refractivity contribution in [3.05, 3.63) is 54.4 Å². The van der Waals surface area contributed by atoms with Gasteiger partial charge >= 0.3 is 5.97 Å². The van der Waals surface area contributed by atoms with E-state index in [0.29, 0.717) is 66.8 Å². The van der Waals surface area contributed by atoms with Crippen molar-refractivity contribution >= 4 is 50.8 Å². The van der Waals surface area contributed by atoms with Gasteiger partial charge in [-0.15, -0.1) is 0 Å². The molecule has 4 atom stereocenters. The number of benzene rings is 2. The number of aromatic nitrogens is 4. The fourth-order valence-electron chi connectivity index (χ4n) is 7.67. The molecule has 4 aliphatic rings. The number of fused-ring (bicyclic) bond motifs is 12. The average Bonchev–Trinajstić information content (AvgIpc) is 3.75. The summed E-state index contributed by atoms with van der Waals surface area (Å²) in [4.78, 5) is 44.6. The largest absolute Gasteiger partial charge is 0.480 e. The van der Waals surface area contributed by atoms with Crippen molar-refractivity contribution in [2.75, 3.05) is 24.5 Å². The molecular formula is C35H38N6O5. The Bertz CT molecular complexity index is 1950. The number of hydrogen-bond donors (Lipinski definition) is 1. The van der Waals surface area contributed by atoms with Crippen LogP contribution in [0.25, 0.3) is 33.1 Å². The highest BCUT2D eigenvalue weighted by atomic mass is 16.5. The van der Waals surface area contributed by atoms with E-state index in [0.717, 1.165) is 48.5 Å². The molecule has 0 saturated carbocycles. The topological polar surface area (TPSA) is 127 Å². The Labute approximate surface area is 266 Å². The van der Waals surface area contributed by atoms with E-state index in [1.165, 1.54) is 0 Å². The zero-order valence-electron chi connectivity index (χ0n) is 26.0. The van der Waals surface area contributed by atoms with Crippen molar-refractivity contribution in [3.8, 4) is 6.01 Å². The summed E-state index contributed by atoms with van der Waals surface area (Å²) in [6.45, 7) is 3.88. The van der Waals surface area contributed by atoms with Crippen LogP contribution in [0.1, 0.15) is 63.7 Å². The van der Waals surface area contributed by atoms with Crippen molar-refractivity contribution in [1.29, 1.82) is 0 Å². The Hall–Kier alpha value is -4.67. The monoisotopic (exact) mass is 622 g/mol. The van der Waals surface area contributed by atoms with E-state index < -0.39 is 18.1 Å². The second-order valence-electron chi connectivity index (χ2n) is 13.1. The highest BCUT2D eigenvalue weighted by Gasteiger charge is 2.42. The maximum atomic E-state index is 13.2. The van der Waals surface area contributed by atoms with Crippen molar-refractivity contribution in [3.63, 3.8) is 0 Å². The second-order valence-corrected chi connectivity index (χ2v) is 13.1. The summed E-state index contributed by atoms with van der Waals surface area (Å²) >= 11 is 0. The van der Waals surface area contributed by atoms with E-state index in [-0.39, 0.29) is 24.3 Å². The molecule has 5 aromatic rings. The number of carboxylic acids is 1. The minimum Gasteiger partial charge on any atom is -0.480 e. The Morgan fingerprint density at radius 1 is 0.957 bits per heavy atom. The predicted octanol–water partition coefficient (Wildman–Crippen LogP) is 5.75. The molecule has 3 aromatic heterocycles. The number of carbonyl (C=O) groups is 2. The molecule has 9 rings (SSSR count). The molecule has 11 heteroatoms. The Morgan fingerprint density at radius 2 is 1.76 bits per heavy atom. The molecule has 7 heterocycles. The Morgan fingerprint density at radius 3 is 2.61 bits per heavy atom. The van der Waals surface area contributed by atoms with Gasteiger partial charge in [-0.3, -0.25) is 9.36 Å². The number of piperidine rings is 1. The summed E-state index contributed by atoms with van der Waals surface area (Å²) in [5.74, 6) is 0.628. The maximum Gasteiger partial charge on any atom is 0.326 e. The normalized spacial score (nSPS) is 24.4. The van der Waals surface area contributed by atoms with Gasteiger partial charge in [-0.25, -0.2) is 14.8 Å². The minimum atomic E-state index is -0.937. The third-order valence-corrected chi connectivity index (χ3v) is 9.99. The van der Waals surface area contributed by atoms with E-state index in [1.54, 1.807) is 0 Å². The smallest absolute Gasteiger partial charge is 0.326 e. The van der Waals surface area contributed by atoms with E-state index in [2.05, 4.69) is 17.6 Å². The Kier molecular flexibility index (Phi) is 7.26. The summed E-state index contributed by atoms with van der Waals surface area (Å²) in [6, 6.07) is 15.4. The summed E-state index contributed by atoms with van der Waals surface area (Å²) in [6.07, 6.45) is 5.47. The number of carboxylic acid groups (broad SMARTS) is 1. The number of hydrogen-bond acceptors (Lipinski definition) is 8. The predicted molar refractivity (Wildman–Crippen MR) is 173 cm³/mol. The second kappa shape index (κ2) is 11.6. The molecule has 2 saturated heterocycles. The van der Waals surface area contributed by atoms with E-state index in [9.17, 15) is 14.7 Å². The van der Waals surface area contributed by atoms with Crippen LogP contribution < -0.4 is 9.64 Å². The number of furan rings is 1. The quantitative estimate of drug-likeness (QED) is 0.249. The van der Waals surface area contributed by atoms with Gasteiger partial charge in [0.15, 0.2) is 11.4 Å². The number of imidazole rings is 1. The first-order valence-electron chi connectivity index (χ1n) is 16.5. The molecule has 0 unspecified atom stereocenters. The summed E-state index contributed by atoms with van der Waals surface area (Å²) in [5.41, 5.74) is 3.68. The van der Waals surface area contributed by atoms with Crippen molar-refractivity contribution in [1.82, 2.24) is 24.4 Å². The number of aryl methyl sites for hydroxylation is 1. The maximum absolute atomic E-state index is 13.2. The molecule has 1 N–H and O–H groups in total. The third kappa shape index (κ3) is 5.02. The fourth-order valence-corrected chi connectivity index (χ4v) is 7.67. The van der Waals surface area contributed by atoms with E-state index in [1.807, 2.05) is 52.3 Å². The number of rotatable bonds is 1. The van der Waals surface area contributed by atoms with Crippen LogP contribution in [0.5, 0.6) is 6.01 Å². The molecule has 2 fully saturated rings. The number of carbonyl (C=O) groups excluding carboxylic acids is 1. The highest BCUT2D eigenvalue weighted by molar-refractivity contribution is 6.06. The first kappa shape index (κ1) is 28.8. The van der Waals surface area contributed by atoms with Gasteiger partial charge in [0.05, 0.1) is 17.6 Å². The third-order valence-electron chi connectivity index (χ3n) is 9.99. The number of aliphatic carboxylic acids is 1. The number of ether oxygens (including phenoxy) is 1. The van der Waals surface area contributed by atoms with Crippen LogP contribution in [0.3, 0.4) is 0 Å². The molecular weight excluding hydrogens is 584 g/mol. The number of anilines is 1. The highest BCUT2D eigenvalue weighted by Crippen LogP contribution is 2.39. The van der Waals surface area contributed by atoms with Crippen LogP contribution in [0.4, 0.5) is 5.82 Å². The fraction of sp³-hybridized carbons (Fsp3) is 0.457. The molecule has 1 amide bonds. The first-order chi connectivity index (χ1) is 22.4. The van der Waals surface area contributed by atoms with E-state index >= 15 is 0 Å². The van der Waals surface area contributed by atoms with Crippen LogP contribution in [-0.2, 0) is 16.0 Å². The van der Waals surface area contributed by atoms with Crippen LogP contribution in [-0.4, -0.2) is 73.2 Å². The van der Waals surface area contributed by atoms with Gasteiger partial charge < -0.3 is 24.1 Å². The number of nitrogens with zero attached hydrogens (tertiary/aromatic N) is 6. The van der Waals surface area contributed by atoms with E-state index in [4.69, 9.17) is 24.1 Å². The average molecular weight is 623 g/mol. The first-order valence-corrected chi connectivity index (χ1v) is 16.5. The standard InChI is InChI=1S/C35H38N6O5/c1-21-19-39-17-16-25(21)41-26-12-8-7-11-24(26)36-35(41)45-22-18-27(34(43)44)40(20-22)33-32-31(23-10-6-9-13-28(23)46-32)37-29(38-33)14-4-2-3-5-15-30(39)42/h6-13,21-22,25,27H,2-5,14-20H2,1H3,(H,43,44)/t21-,22+,25-,27+/m1/s1.